The highest BCUT2D eigenvalue weighted by molar-refractivity contribution is 5.89. The van der Waals surface area contributed by atoms with E-state index < -0.39 is 0 Å². The molecule has 0 aliphatic heterocycles. The van der Waals surface area contributed by atoms with E-state index >= 15 is 0 Å². The van der Waals surface area contributed by atoms with E-state index in [0.717, 1.165) is 12.0 Å². The summed E-state index contributed by atoms with van der Waals surface area (Å²) in [5, 5.41) is 3.88. The van der Waals surface area contributed by atoms with Gasteiger partial charge in [0.05, 0.1) is 12.2 Å². The molecule has 2 aromatic rings. The number of benzene rings is 2. The van der Waals surface area contributed by atoms with Crippen molar-refractivity contribution >= 4 is 18.1 Å². The molecular weight excluding hydrogens is 332 g/mol. The molecule has 6 nitrogen and oxygen atoms in total. The summed E-state index contributed by atoms with van der Waals surface area (Å²) >= 11 is 0. The molecule has 26 heavy (non-hydrogen) atoms. The van der Waals surface area contributed by atoms with Gasteiger partial charge in [0.1, 0.15) is 5.75 Å². The zero-order valence-electron chi connectivity index (χ0n) is 14.7. The van der Waals surface area contributed by atoms with Crippen LogP contribution in [0.3, 0.4) is 0 Å². The number of carbonyl (C=O) groups is 2. The third-order valence-electron chi connectivity index (χ3n) is 3.35. The third-order valence-corrected chi connectivity index (χ3v) is 3.35. The predicted octanol–water partition coefficient (Wildman–Crippen LogP) is 2.98. The molecule has 0 unspecified atom stereocenters. The first-order valence-corrected chi connectivity index (χ1v) is 8.43. The van der Waals surface area contributed by atoms with Crippen molar-refractivity contribution in [1.29, 1.82) is 0 Å². The number of esters is 1. The Labute approximate surface area is 152 Å². The van der Waals surface area contributed by atoms with Gasteiger partial charge in [-0.3, -0.25) is 4.79 Å². The van der Waals surface area contributed by atoms with Crippen molar-refractivity contribution in [3.8, 4) is 5.75 Å². The SMILES string of the molecule is CCCOC(=O)c1ccc(OCC(=O)N/N=C/Cc2ccccc2)cc1. The van der Waals surface area contributed by atoms with Crippen molar-refractivity contribution in [3.63, 3.8) is 0 Å². The first kappa shape index (κ1) is 19.2. The summed E-state index contributed by atoms with van der Waals surface area (Å²) in [5.74, 6) is -0.245. The van der Waals surface area contributed by atoms with Gasteiger partial charge in [0.15, 0.2) is 6.61 Å². The zero-order valence-corrected chi connectivity index (χ0v) is 14.7. The number of amides is 1. The van der Waals surface area contributed by atoms with E-state index in [-0.39, 0.29) is 18.5 Å². The summed E-state index contributed by atoms with van der Waals surface area (Å²) in [6, 6.07) is 16.3. The molecular formula is C20H22N2O4. The molecule has 136 valence electrons. The van der Waals surface area contributed by atoms with Crippen molar-refractivity contribution in [2.24, 2.45) is 5.10 Å². The molecule has 0 heterocycles. The lowest BCUT2D eigenvalue weighted by molar-refractivity contribution is -0.123. The number of nitrogens with zero attached hydrogens (tertiary/aromatic N) is 1. The van der Waals surface area contributed by atoms with Crippen molar-refractivity contribution in [1.82, 2.24) is 5.43 Å². The fraction of sp³-hybridized carbons (Fsp3) is 0.250. The van der Waals surface area contributed by atoms with Crippen molar-refractivity contribution in [2.75, 3.05) is 13.2 Å². The monoisotopic (exact) mass is 354 g/mol. The van der Waals surface area contributed by atoms with Gasteiger partial charge in [-0.1, -0.05) is 37.3 Å². The molecule has 0 saturated carbocycles. The predicted molar refractivity (Wildman–Crippen MR) is 99.3 cm³/mol. The van der Waals surface area contributed by atoms with Gasteiger partial charge < -0.3 is 9.47 Å². The Hall–Kier alpha value is -3.15. The minimum Gasteiger partial charge on any atom is -0.484 e. The normalized spacial score (nSPS) is 10.5. The minimum absolute atomic E-state index is 0.164. The van der Waals surface area contributed by atoms with E-state index in [0.29, 0.717) is 24.3 Å². The molecule has 2 rings (SSSR count). The van der Waals surface area contributed by atoms with Crippen molar-refractivity contribution < 1.29 is 19.1 Å². The Bertz CT molecular complexity index is 727. The number of ether oxygens (including phenoxy) is 2. The molecule has 0 atom stereocenters. The molecule has 0 saturated heterocycles. The molecule has 0 fully saturated rings. The Balaban J connectivity index is 1.70. The van der Waals surface area contributed by atoms with E-state index in [4.69, 9.17) is 9.47 Å². The van der Waals surface area contributed by atoms with Crippen LogP contribution in [0.5, 0.6) is 5.75 Å². The Morgan fingerprint density at radius 2 is 1.81 bits per heavy atom. The third kappa shape index (κ3) is 6.76. The van der Waals surface area contributed by atoms with E-state index in [1.807, 2.05) is 37.3 Å². The Kier molecular flexibility index (Phi) is 7.86. The minimum atomic E-state index is -0.371. The van der Waals surface area contributed by atoms with Gasteiger partial charge in [-0.25, -0.2) is 10.2 Å². The van der Waals surface area contributed by atoms with Gasteiger partial charge in [0.2, 0.25) is 0 Å². The summed E-state index contributed by atoms with van der Waals surface area (Å²) in [6.45, 7) is 2.16. The smallest absolute Gasteiger partial charge is 0.338 e. The van der Waals surface area contributed by atoms with Gasteiger partial charge in [-0.15, -0.1) is 0 Å². The molecule has 0 spiro atoms. The van der Waals surface area contributed by atoms with E-state index in [1.165, 1.54) is 0 Å². The lowest BCUT2D eigenvalue weighted by Crippen LogP contribution is -2.24. The number of nitrogens with one attached hydrogen (secondary N) is 1. The van der Waals surface area contributed by atoms with Crippen molar-refractivity contribution in [2.45, 2.75) is 19.8 Å². The van der Waals surface area contributed by atoms with Gasteiger partial charge >= 0.3 is 5.97 Å². The number of hydrogen-bond donors (Lipinski definition) is 1. The summed E-state index contributed by atoms with van der Waals surface area (Å²) in [4.78, 5) is 23.4. The second-order valence-corrected chi connectivity index (χ2v) is 5.49. The van der Waals surface area contributed by atoms with Crippen LogP contribution >= 0.6 is 0 Å². The first-order valence-electron chi connectivity index (χ1n) is 8.43. The van der Waals surface area contributed by atoms with Gasteiger partial charge in [-0.2, -0.15) is 5.10 Å². The molecule has 1 amide bonds. The Morgan fingerprint density at radius 3 is 2.50 bits per heavy atom. The lowest BCUT2D eigenvalue weighted by Gasteiger charge is -2.06. The van der Waals surface area contributed by atoms with Crippen LogP contribution in [-0.4, -0.2) is 31.3 Å². The van der Waals surface area contributed by atoms with Gasteiger partial charge in [-0.05, 0) is 36.2 Å². The molecule has 0 aromatic heterocycles. The average molecular weight is 354 g/mol. The summed E-state index contributed by atoms with van der Waals surface area (Å²) in [6.07, 6.45) is 3.04. The van der Waals surface area contributed by atoms with Crippen LogP contribution in [0.1, 0.15) is 29.3 Å². The number of hydrogen-bond acceptors (Lipinski definition) is 5. The van der Waals surface area contributed by atoms with Crippen LogP contribution in [0.2, 0.25) is 0 Å². The quantitative estimate of drug-likeness (QED) is 0.427. The molecule has 1 N–H and O–H groups in total. The standard InChI is InChI=1S/C20H22N2O4/c1-2-14-25-20(24)17-8-10-18(11-9-17)26-15-19(23)22-21-13-12-16-6-4-3-5-7-16/h3-11,13H,2,12,14-15H2,1H3,(H,22,23)/b21-13+. The largest absolute Gasteiger partial charge is 0.484 e. The first-order chi connectivity index (χ1) is 12.7. The fourth-order valence-corrected chi connectivity index (χ4v) is 2.03. The van der Waals surface area contributed by atoms with E-state index in [1.54, 1.807) is 30.5 Å². The Morgan fingerprint density at radius 1 is 1.08 bits per heavy atom. The highest BCUT2D eigenvalue weighted by atomic mass is 16.5. The van der Waals surface area contributed by atoms with Crippen LogP contribution in [0.4, 0.5) is 0 Å². The summed E-state index contributed by atoms with van der Waals surface area (Å²) < 4.78 is 10.4. The topological polar surface area (TPSA) is 77.0 Å². The molecule has 0 aliphatic rings. The number of hydrazone groups is 1. The molecule has 0 aliphatic carbocycles. The van der Waals surface area contributed by atoms with Crippen molar-refractivity contribution in [3.05, 3.63) is 65.7 Å². The van der Waals surface area contributed by atoms with Gasteiger partial charge in [0, 0.05) is 12.6 Å². The molecule has 6 heteroatoms. The van der Waals surface area contributed by atoms with Gasteiger partial charge in [0.25, 0.3) is 5.91 Å². The second kappa shape index (κ2) is 10.7. The van der Waals surface area contributed by atoms with Crippen LogP contribution < -0.4 is 10.2 Å². The number of rotatable bonds is 9. The van der Waals surface area contributed by atoms with E-state index in [9.17, 15) is 9.59 Å². The zero-order chi connectivity index (χ0) is 18.6. The second-order valence-electron chi connectivity index (χ2n) is 5.49. The fourth-order valence-electron chi connectivity index (χ4n) is 2.03. The van der Waals surface area contributed by atoms with Crippen LogP contribution in [0, 0.1) is 0 Å². The molecule has 0 bridgehead atoms. The molecule has 0 radical (unpaired) electrons. The summed E-state index contributed by atoms with van der Waals surface area (Å²) in [7, 11) is 0. The van der Waals surface area contributed by atoms with Crippen LogP contribution in [0.15, 0.2) is 59.7 Å². The number of carbonyl (C=O) groups excluding carboxylic acids is 2. The summed E-state index contributed by atoms with van der Waals surface area (Å²) in [5.41, 5.74) is 3.96. The maximum atomic E-state index is 11.7. The van der Waals surface area contributed by atoms with Crippen LogP contribution in [-0.2, 0) is 16.0 Å². The highest BCUT2D eigenvalue weighted by Gasteiger charge is 2.07. The van der Waals surface area contributed by atoms with Crippen LogP contribution in [0.25, 0.3) is 0 Å². The lowest BCUT2D eigenvalue weighted by atomic mass is 10.2. The maximum Gasteiger partial charge on any atom is 0.338 e. The highest BCUT2D eigenvalue weighted by Crippen LogP contribution is 2.13. The van der Waals surface area contributed by atoms with E-state index in [2.05, 4.69) is 10.5 Å². The maximum absolute atomic E-state index is 11.7. The molecule has 2 aromatic carbocycles. The average Bonchev–Trinajstić information content (AvgIpc) is 2.69.